The molecule has 0 bridgehead atoms. The van der Waals surface area contributed by atoms with Gasteiger partial charge in [-0.3, -0.25) is 19.3 Å². The molecule has 9 heteroatoms. The highest BCUT2D eigenvalue weighted by atomic mass is 16.5. The zero-order valence-electron chi connectivity index (χ0n) is 15.2. The Labute approximate surface area is 150 Å². The molecule has 1 saturated heterocycles. The highest BCUT2D eigenvalue weighted by Crippen LogP contribution is 2.22. The summed E-state index contributed by atoms with van der Waals surface area (Å²) in [6.07, 6.45) is 0.496. The van der Waals surface area contributed by atoms with Crippen LogP contribution in [-0.4, -0.2) is 64.1 Å². The third kappa shape index (κ3) is 3.24. The molecule has 0 radical (unpaired) electrons. The number of hydrogen-bond donors (Lipinski definition) is 1. The number of carbonyl (C=O) groups is 5. The molecule has 0 saturated carbocycles. The van der Waals surface area contributed by atoms with Crippen molar-refractivity contribution in [1.29, 1.82) is 0 Å². The van der Waals surface area contributed by atoms with Crippen LogP contribution in [0.25, 0.3) is 0 Å². The number of aromatic amines is 1. The molecule has 0 unspecified atom stereocenters. The van der Waals surface area contributed by atoms with E-state index in [-0.39, 0.29) is 24.3 Å². The summed E-state index contributed by atoms with van der Waals surface area (Å²) in [5.41, 5.74) is 1.01. The minimum Gasteiger partial charge on any atom is -0.462 e. The van der Waals surface area contributed by atoms with E-state index in [2.05, 4.69) is 4.98 Å². The summed E-state index contributed by atoms with van der Waals surface area (Å²) in [7, 11) is 0. The van der Waals surface area contributed by atoms with E-state index in [9.17, 15) is 24.0 Å². The molecule has 1 aromatic rings. The van der Waals surface area contributed by atoms with Crippen LogP contribution in [0.1, 0.15) is 52.4 Å². The number of imide groups is 2. The number of Topliss-reactive ketones (excluding diaryl/α,β-unsaturated/α-hetero) is 1. The number of carbonyl (C=O) groups excluding carboxylic acids is 5. The Morgan fingerprint density at radius 3 is 2.12 bits per heavy atom. The molecule has 0 aromatic carbocycles. The number of ether oxygens (including phenoxy) is 1. The van der Waals surface area contributed by atoms with E-state index in [0.29, 0.717) is 22.7 Å². The van der Waals surface area contributed by atoms with Crippen molar-refractivity contribution in [3.63, 3.8) is 0 Å². The van der Waals surface area contributed by atoms with Crippen molar-refractivity contribution >= 4 is 29.6 Å². The zero-order chi connectivity index (χ0) is 19.6. The lowest BCUT2D eigenvalue weighted by atomic mass is 10.0. The van der Waals surface area contributed by atoms with Gasteiger partial charge in [0.15, 0.2) is 5.78 Å². The molecule has 1 aromatic heterocycles. The number of amides is 4. The molecular formula is C17H21N3O6. The second kappa shape index (κ2) is 7.51. The average molecular weight is 363 g/mol. The molecule has 140 valence electrons. The molecule has 1 aliphatic heterocycles. The summed E-state index contributed by atoms with van der Waals surface area (Å²) in [6.45, 7) is 6.25. The number of aryl methyl sites for hydroxylation is 2. The van der Waals surface area contributed by atoms with Gasteiger partial charge in [0.05, 0.1) is 24.3 Å². The third-order valence-electron chi connectivity index (χ3n) is 4.02. The topological polar surface area (TPSA) is 117 Å². The molecule has 26 heavy (non-hydrogen) atoms. The molecule has 0 aliphatic carbocycles. The van der Waals surface area contributed by atoms with Crippen LogP contribution < -0.4 is 0 Å². The maximum absolute atomic E-state index is 12.7. The fourth-order valence-electron chi connectivity index (χ4n) is 2.92. The van der Waals surface area contributed by atoms with E-state index in [1.807, 2.05) is 0 Å². The van der Waals surface area contributed by atoms with Gasteiger partial charge in [-0.15, -0.1) is 0 Å². The molecule has 1 N–H and O–H groups in total. The smallest absolute Gasteiger partial charge is 0.340 e. The van der Waals surface area contributed by atoms with E-state index < -0.39 is 36.1 Å². The minimum absolute atomic E-state index is 0.0583. The maximum atomic E-state index is 12.7. The van der Waals surface area contributed by atoms with Crippen LogP contribution in [0.2, 0.25) is 0 Å². The van der Waals surface area contributed by atoms with Crippen LogP contribution in [-0.2, 0) is 14.3 Å². The zero-order valence-corrected chi connectivity index (χ0v) is 15.2. The summed E-state index contributed by atoms with van der Waals surface area (Å²) >= 11 is 0. The molecule has 0 spiro atoms. The number of aromatic nitrogens is 1. The van der Waals surface area contributed by atoms with E-state index >= 15 is 0 Å². The van der Waals surface area contributed by atoms with Gasteiger partial charge in [-0.2, -0.15) is 0 Å². The van der Waals surface area contributed by atoms with Crippen molar-refractivity contribution in [3.8, 4) is 0 Å². The van der Waals surface area contributed by atoms with Crippen molar-refractivity contribution < 1.29 is 28.7 Å². The van der Waals surface area contributed by atoms with Crippen LogP contribution >= 0.6 is 0 Å². The normalized spacial score (nSPS) is 14.4. The molecule has 1 fully saturated rings. The van der Waals surface area contributed by atoms with Gasteiger partial charge >= 0.3 is 23.8 Å². The number of esters is 1. The van der Waals surface area contributed by atoms with E-state index in [0.717, 1.165) is 4.90 Å². The summed E-state index contributed by atoms with van der Waals surface area (Å²) in [5, 5.41) is 0. The van der Waals surface area contributed by atoms with Crippen LogP contribution in [0, 0.1) is 13.8 Å². The van der Waals surface area contributed by atoms with Crippen LogP contribution in [0.5, 0.6) is 0 Å². The average Bonchev–Trinajstić information content (AvgIpc) is 2.98. The SMILES string of the molecule is CCCN1C(=O)C(=O)N(CC(=O)c2c(C)[nH]c(C)c2C(=O)OCC)C1=O. The van der Waals surface area contributed by atoms with Crippen LogP contribution in [0.4, 0.5) is 4.79 Å². The van der Waals surface area contributed by atoms with Crippen molar-refractivity contribution in [1.82, 2.24) is 14.8 Å². The Bertz CT molecular complexity index is 795. The number of nitrogens with one attached hydrogen (secondary N) is 1. The number of rotatable bonds is 7. The number of hydrogen-bond acceptors (Lipinski definition) is 6. The first-order valence-corrected chi connectivity index (χ1v) is 8.31. The lowest BCUT2D eigenvalue weighted by Gasteiger charge is -2.14. The monoisotopic (exact) mass is 363 g/mol. The first-order chi connectivity index (χ1) is 12.2. The fourth-order valence-corrected chi connectivity index (χ4v) is 2.92. The number of H-pyrrole nitrogens is 1. The molecule has 2 heterocycles. The number of nitrogens with zero attached hydrogens (tertiary/aromatic N) is 2. The number of ketones is 1. The molecule has 0 atom stereocenters. The molecule has 4 amide bonds. The van der Waals surface area contributed by atoms with E-state index in [4.69, 9.17) is 4.74 Å². The first-order valence-electron chi connectivity index (χ1n) is 8.31. The van der Waals surface area contributed by atoms with Gasteiger partial charge in [0.1, 0.15) is 0 Å². The lowest BCUT2D eigenvalue weighted by Crippen LogP contribution is -2.37. The minimum atomic E-state index is -1.04. The van der Waals surface area contributed by atoms with Crippen molar-refractivity contribution in [2.45, 2.75) is 34.1 Å². The van der Waals surface area contributed by atoms with Gasteiger partial charge < -0.3 is 9.72 Å². The summed E-state index contributed by atoms with van der Waals surface area (Å²) in [4.78, 5) is 65.4. The molecule has 1 aliphatic rings. The molecule has 9 nitrogen and oxygen atoms in total. The van der Waals surface area contributed by atoms with Gasteiger partial charge in [-0.05, 0) is 27.2 Å². The molecular weight excluding hydrogens is 342 g/mol. The molecule has 2 rings (SSSR count). The summed E-state index contributed by atoms with van der Waals surface area (Å²) < 4.78 is 4.97. The fraction of sp³-hybridized carbons (Fsp3) is 0.471. The van der Waals surface area contributed by atoms with Gasteiger partial charge in [0.2, 0.25) is 0 Å². The lowest BCUT2D eigenvalue weighted by molar-refractivity contribution is -0.143. The van der Waals surface area contributed by atoms with Crippen LogP contribution in [0.3, 0.4) is 0 Å². The van der Waals surface area contributed by atoms with Gasteiger partial charge in [-0.1, -0.05) is 6.92 Å². The second-order valence-electron chi connectivity index (χ2n) is 5.90. The highest BCUT2D eigenvalue weighted by Gasteiger charge is 2.45. The van der Waals surface area contributed by atoms with Gasteiger partial charge in [-0.25, -0.2) is 14.5 Å². The Kier molecular flexibility index (Phi) is 5.59. The predicted octanol–water partition coefficient (Wildman–Crippen LogP) is 1.19. The summed E-state index contributed by atoms with van der Waals surface area (Å²) in [6, 6.07) is -0.821. The largest absolute Gasteiger partial charge is 0.462 e. The maximum Gasteiger partial charge on any atom is 0.340 e. The standard InChI is InChI=1S/C17H21N3O6/c1-5-7-19-14(22)15(23)20(17(19)25)8-11(21)12-9(3)18-10(4)13(12)16(24)26-6-2/h18H,5-8H2,1-4H3. The van der Waals surface area contributed by atoms with Crippen molar-refractivity contribution in [2.75, 3.05) is 19.7 Å². The van der Waals surface area contributed by atoms with E-state index in [1.54, 1.807) is 27.7 Å². The Morgan fingerprint density at radius 2 is 1.54 bits per heavy atom. The Hall–Kier alpha value is -2.97. The van der Waals surface area contributed by atoms with Crippen molar-refractivity contribution in [2.24, 2.45) is 0 Å². The van der Waals surface area contributed by atoms with Gasteiger partial charge in [0.25, 0.3) is 0 Å². The first kappa shape index (κ1) is 19.4. The quantitative estimate of drug-likeness (QED) is 0.337. The Morgan fingerprint density at radius 1 is 0.962 bits per heavy atom. The number of urea groups is 1. The van der Waals surface area contributed by atoms with Crippen LogP contribution in [0.15, 0.2) is 0 Å². The highest BCUT2D eigenvalue weighted by molar-refractivity contribution is 6.45. The summed E-state index contributed by atoms with van der Waals surface area (Å²) in [5.74, 6) is -3.28. The Balaban J connectivity index is 2.31. The predicted molar refractivity (Wildman–Crippen MR) is 89.7 cm³/mol. The second-order valence-corrected chi connectivity index (χ2v) is 5.90. The van der Waals surface area contributed by atoms with Gasteiger partial charge in [0, 0.05) is 17.9 Å². The third-order valence-corrected chi connectivity index (χ3v) is 4.02. The van der Waals surface area contributed by atoms with Crippen molar-refractivity contribution in [3.05, 3.63) is 22.5 Å². The van der Waals surface area contributed by atoms with E-state index in [1.165, 1.54) is 0 Å².